The van der Waals surface area contributed by atoms with E-state index in [-0.39, 0.29) is 17.7 Å². The maximum atomic E-state index is 14.7. The lowest BCUT2D eigenvalue weighted by Crippen LogP contribution is -2.35. The quantitative estimate of drug-likeness (QED) is 0.219. The number of ether oxygens (including phenoxy) is 2. The molecule has 0 radical (unpaired) electrons. The Labute approximate surface area is 188 Å². The molecule has 1 aliphatic heterocycles. The zero-order valence-electron chi connectivity index (χ0n) is 16.9. The molecule has 3 aromatic rings. The van der Waals surface area contributed by atoms with Crippen molar-refractivity contribution < 1.29 is 58.8 Å². The van der Waals surface area contributed by atoms with Crippen molar-refractivity contribution in [1.29, 1.82) is 0 Å². The molecule has 0 saturated heterocycles. The SMILES string of the molecule is O=C(OC1Cc2c(O)cc(O)cc2O[C@@H]1c1cc(O)c(O)cc1F)c1cc(O)c(O)c(O)c1F. The first-order valence-electron chi connectivity index (χ1n) is 9.55. The number of benzene rings is 3. The number of phenolic OH excluding ortho intramolecular Hbond substituents is 7. The van der Waals surface area contributed by atoms with Gasteiger partial charge in [-0.05, 0) is 6.07 Å². The van der Waals surface area contributed by atoms with Crippen LogP contribution in [0, 0.1) is 11.6 Å². The smallest absolute Gasteiger partial charge is 0.341 e. The third kappa shape index (κ3) is 3.74. The van der Waals surface area contributed by atoms with Gasteiger partial charge in [-0.3, -0.25) is 0 Å². The molecular weight excluding hydrogens is 462 g/mol. The van der Waals surface area contributed by atoms with E-state index in [2.05, 4.69) is 0 Å². The van der Waals surface area contributed by atoms with Gasteiger partial charge in [0.05, 0.1) is 0 Å². The molecule has 7 N–H and O–H groups in total. The van der Waals surface area contributed by atoms with Gasteiger partial charge in [-0.25, -0.2) is 13.6 Å². The topological polar surface area (TPSA) is 177 Å². The number of carbonyl (C=O) groups excluding carboxylic acids is 1. The Morgan fingerprint density at radius 1 is 0.853 bits per heavy atom. The average Bonchev–Trinajstić information content (AvgIpc) is 2.77. The fraction of sp³-hybridized carbons (Fsp3) is 0.136. The molecule has 34 heavy (non-hydrogen) atoms. The fourth-order valence-electron chi connectivity index (χ4n) is 3.57. The van der Waals surface area contributed by atoms with Crippen LogP contribution in [0.5, 0.6) is 46.0 Å². The lowest BCUT2D eigenvalue weighted by molar-refractivity contribution is -0.0203. The van der Waals surface area contributed by atoms with Gasteiger partial charge in [-0.15, -0.1) is 0 Å². The zero-order valence-corrected chi connectivity index (χ0v) is 16.9. The summed E-state index contributed by atoms with van der Waals surface area (Å²) in [6.07, 6.45) is -3.34. The highest BCUT2D eigenvalue weighted by molar-refractivity contribution is 5.91. The van der Waals surface area contributed by atoms with Crippen molar-refractivity contribution in [3.05, 3.63) is 58.7 Å². The molecule has 1 heterocycles. The molecule has 0 spiro atoms. The summed E-state index contributed by atoms with van der Waals surface area (Å²) in [5.41, 5.74) is -1.31. The summed E-state index contributed by atoms with van der Waals surface area (Å²) in [5, 5.41) is 67.8. The zero-order chi connectivity index (χ0) is 24.9. The molecule has 0 aliphatic carbocycles. The Kier molecular flexibility index (Phi) is 5.36. The molecule has 0 aromatic heterocycles. The highest BCUT2D eigenvalue weighted by Crippen LogP contribution is 2.45. The van der Waals surface area contributed by atoms with E-state index in [0.29, 0.717) is 12.1 Å². The molecule has 4 rings (SSSR count). The summed E-state index contributed by atoms with van der Waals surface area (Å²) in [5.74, 6) is -10.2. The van der Waals surface area contributed by atoms with Crippen molar-refractivity contribution in [2.75, 3.05) is 0 Å². The molecule has 178 valence electrons. The minimum absolute atomic E-state index is 0.0483. The Morgan fingerprint density at radius 2 is 1.53 bits per heavy atom. The number of esters is 1. The maximum absolute atomic E-state index is 14.7. The summed E-state index contributed by atoms with van der Waals surface area (Å²) < 4.78 is 39.9. The number of carbonyl (C=O) groups is 1. The van der Waals surface area contributed by atoms with Gasteiger partial charge in [0.1, 0.15) is 34.7 Å². The molecule has 10 nitrogen and oxygen atoms in total. The fourth-order valence-corrected chi connectivity index (χ4v) is 3.57. The molecule has 0 amide bonds. The van der Waals surface area contributed by atoms with E-state index < -0.39 is 81.2 Å². The second-order valence-corrected chi connectivity index (χ2v) is 7.44. The highest BCUT2D eigenvalue weighted by Gasteiger charge is 2.39. The van der Waals surface area contributed by atoms with Crippen LogP contribution >= 0.6 is 0 Å². The largest absolute Gasteiger partial charge is 0.508 e. The van der Waals surface area contributed by atoms with Crippen molar-refractivity contribution in [2.24, 2.45) is 0 Å². The summed E-state index contributed by atoms with van der Waals surface area (Å²) in [6.45, 7) is 0. The van der Waals surface area contributed by atoms with E-state index in [1.54, 1.807) is 0 Å². The van der Waals surface area contributed by atoms with E-state index in [9.17, 15) is 49.3 Å². The lowest BCUT2D eigenvalue weighted by Gasteiger charge is -2.34. The van der Waals surface area contributed by atoms with Gasteiger partial charge < -0.3 is 45.2 Å². The Hall–Kier alpha value is -4.61. The number of rotatable bonds is 3. The van der Waals surface area contributed by atoms with E-state index in [4.69, 9.17) is 9.47 Å². The first-order chi connectivity index (χ1) is 16.0. The van der Waals surface area contributed by atoms with Gasteiger partial charge in [0.2, 0.25) is 5.75 Å². The molecular formula is C22H16F2O10. The monoisotopic (exact) mass is 478 g/mol. The summed E-state index contributed by atoms with van der Waals surface area (Å²) in [7, 11) is 0. The normalized spacial score (nSPS) is 17.0. The third-order valence-corrected chi connectivity index (χ3v) is 5.24. The van der Waals surface area contributed by atoms with Crippen LogP contribution in [0.4, 0.5) is 8.78 Å². The molecule has 3 aromatic carbocycles. The first kappa shape index (κ1) is 22.6. The number of halogens is 2. The van der Waals surface area contributed by atoms with E-state index in [0.717, 1.165) is 18.2 Å². The summed E-state index contributed by atoms with van der Waals surface area (Å²) in [6, 6.07) is 3.97. The van der Waals surface area contributed by atoms with E-state index in [1.807, 2.05) is 0 Å². The number of hydrogen-bond donors (Lipinski definition) is 7. The van der Waals surface area contributed by atoms with Gasteiger partial charge >= 0.3 is 5.97 Å². The molecule has 0 fully saturated rings. The minimum atomic E-state index is -1.60. The van der Waals surface area contributed by atoms with Crippen LogP contribution in [0.2, 0.25) is 0 Å². The van der Waals surface area contributed by atoms with Crippen molar-refractivity contribution in [3.8, 4) is 46.0 Å². The molecule has 1 unspecified atom stereocenters. The van der Waals surface area contributed by atoms with Crippen LogP contribution in [-0.2, 0) is 11.2 Å². The number of hydrogen-bond acceptors (Lipinski definition) is 10. The van der Waals surface area contributed by atoms with Crippen LogP contribution in [-0.4, -0.2) is 47.8 Å². The average molecular weight is 478 g/mol. The number of aromatic hydroxyl groups is 7. The van der Waals surface area contributed by atoms with Crippen molar-refractivity contribution in [3.63, 3.8) is 0 Å². The minimum Gasteiger partial charge on any atom is -0.508 e. The van der Waals surface area contributed by atoms with Crippen LogP contribution in [0.15, 0.2) is 30.3 Å². The number of phenols is 7. The van der Waals surface area contributed by atoms with Crippen molar-refractivity contribution >= 4 is 5.97 Å². The molecule has 0 bridgehead atoms. The molecule has 0 saturated carbocycles. The Bertz CT molecular complexity index is 1320. The first-order valence-corrected chi connectivity index (χ1v) is 9.55. The Balaban J connectivity index is 1.78. The molecule has 12 heteroatoms. The predicted octanol–water partition coefficient (Wildman–Crippen LogP) is 2.81. The number of fused-ring (bicyclic) bond motifs is 1. The standard InChI is InChI=1S/C22H16F2O10/c23-11-6-14(28)13(27)3-8(11)21-17(5-9-12(26)1-7(25)2-16(9)33-21)34-22(32)10-4-15(29)19(30)20(31)18(10)24/h1-4,6,17,21,25-31H,5H2/t17?,21-/m1/s1. The van der Waals surface area contributed by atoms with Gasteiger partial charge in [0.25, 0.3) is 0 Å². The van der Waals surface area contributed by atoms with E-state index >= 15 is 0 Å². The third-order valence-electron chi connectivity index (χ3n) is 5.24. The lowest BCUT2D eigenvalue weighted by atomic mass is 9.93. The van der Waals surface area contributed by atoms with E-state index in [1.165, 1.54) is 0 Å². The van der Waals surface area contributed by atoms with Gasteiger partial charge in [-0.2, -0.15) is 0 Å². The Morgan fingerprint density at radius 3 is 2.24 bits per heavy atom. The van der Waals surface area contributed by atoms with Crippen LogP contribution in [0.1, 0.15) is 27.6 Å². The second kappa shape index (κ2) is 8.06. The summed E-state index contributed by atoms with van der Waals surface area (Å²) >= 11 is 0. The van der Waals surface area contributed by atoms with Crippen molar-refractivity contribution in [1.82, 2.24) is 0 Å². The van der Waals surface area contributed by atoms with Crippen molar-refractivity contribution in [2.45, 2.75) is 18.6 Å². The second-order valence-electron chi connectivity index (χ2n) is 7.44. The van der Waals surface area contributed by atoms with Gasteiger partial charge in [-0.1, -0.05) is 0 Å². The van der Waals surface area contributed by atoms with Crippen LogP contribution in [0.25, 0.3) is 0 Å². The molecule has 2 atom stereocenters. The predicted molar refractivity (Wildman–Crippen MR) is 107 cm³/mol. The van der Waals surface area contributed by atoms with Gasteiger partial charge in [0, 0.05) is 41.8 Å². The highest BCUT2D eigenvalue weighted by atomic mass is 19.1. The van der Waals surface area contributed by atoms with Crippen LogP contribution < -0.4 is 4.74 Å². The van der Waals surface area contributed by atoms with Gasteiger partial charge in [0.15, 0.2) is 34.9 Å². The summed E-state index contributed by atoms with van der Waals surface area (Å²) in [4.78, 5) is 12.7. The maximum Gasteiger partial charge on any atom is 0.341 e. The molecule has 1 aliphatic rings. The van der Waals surface area contributed by atoms with Crippen LogP contribution in [0.3, 0.4) is 0 Å².